The van der Waals surface area contributed by atoms with Gasteiger partial charge >= 0.3 is 12.1 Å². The van der Waals surface area contributed by atoms with Crippen LogP contribution in [-0.4, -0.2) is 47.4 Å². The van der Waals surface area contributed by atoms with Crippen LogP contribution < -0.4 is 0 Å². The van der Waals surface area contributed by atoms with E-state index in [0.29, 0.717) is 0 Å². The van der Waals surface area contributed by atoms with Gasteiger partial charge in [-0.05, 0) is 0 Å². The van der Waals surface area contributed by atoms with Gasteiger partial charge in [-0.3, -0.25) is 9.34 Å². The highest BCUT2D eigenvalue weighted by Gasteiger charge is 2.33. The number of imide groups is 1. The number of amides is 4. The molecule has 1 fully saturated rings. The molecule has 0 saturated carbocycles. The standard InChI is InChI=1S/C5H10N3O2PS/c1-6-4(9)7(2)11(12)8(3)5(6)10/h11H,1-3H3. The van der Waals surface area contributed by atoms with Crippen LogP contribution in [0.25, 0.3) is 0 Å². The third-order valence-corrected chi connectivity index (χ3v) is 4.90. The topological polar surface area (TPSA) is 43.9 Å². The molecule has 0 aromatic heterocycles. The smallest absolute Gasteiger partial charge is 0.285 e. The number of nitrogens with zero attached hydrogens (tertiary/aromatic N) is 3. The number of urea groups is 2. The number of carbonyl (C=O) groups is 2. The lowest BCUT2D eigenvalue weighted by Gasteiger charge is -2.36. The second kappa shape index (κ2) is 3.03. The molecule has 0 spiro atoms. The van der Waals surface area contributed by atoms with E-state index in [4.69, 9.17) is 11.8 Å². The summed E-state index contributed by atoms with van der Waals surface area (Å²) in [6.07, 6.45) is 0. The maximum absolute atomic E-state index is 11.3. The van der Waals surface area contributed by atoms with Crippen molar-refractivity contribution in [3.63, 3.8) is 0 Å². The first-order chi connectivity index (χ1) is 5.46. The van der Waals surface area contributed by atoms with E-state index in [1.807, 2.05) is 0 Å². The highest BCUT2D eigenvalue weighted by molar-refractivity contribution is 8.03. The first-order valence-electron chi connectivity index (χ1n) is 3.30. The summed E-state index contributed by atoms with van der Waals surface area (Å²) < 4.78 is 2.86. The van der Waals surface area contributed by atoms with Crippen molar-refractivity contribution in [1.82, 2.24) is 14.2 Å². The molecule has 1 saturated heterocycles. The van der Waals surface area contributed by atoms with Crippen molar-refractivity contribution in [3.05, 3.63) is 0 Å². The van der Waals surface area contributed by atoms with Gasteiger partial charge in [0.1, 0.15) is 7.00 Å². The molecule has 1 aliphatic heterocycles. The fourth-order valence-corrected chi connectivity index (χ4v) is 2.47. The maximum Gasteiger partial charge on any atom is 0.332 e. The molecule has 0 N–H and O–H groups in total. The normalized spacial score (nSPS) is 20.8. The van der Waals surface area contributed by atoms with E-state index in [1.54, 1.807) is 14.1 Å². The molecule has 0 aliphatic carbocycles. The molecule has 0 aromatic carbocycles. The predicted molar refractivity (Wildman–Crippen MR) is 49.8 cm³/mol. The van der Waals surface area contributed by atoms with Crippen LogP contribution in [0.15, 0.2) is 0 Å². The van der Waals surface area contributed by atoms with Crippen molar-refractivity contribution in [2.75, 3.05) is 21.1 Å². The molecule has 5 nitrogen and oxygen atoms in total. The molecule has 0 unspecified atom stereocenters. The summed E-state index contributed by atoms with van der Waals surface area (Å²) in [7, 11) is 4.67. The predicted octanol–water partition coefficient (Wildman–Crippen LogP) is 0.542. The first kappa shape index (κ1) is 9.48. The summed E-state index contributed by atoms with van der Waals surface area (Å²) in [6.45, 7) is -1.57. The van der Waals surface area contributed by atoms with Crippen molar-refractivity contribution in [1.29, 1.82) is 0 Å². The van der Waals surface area contributed by atoms with E-state index >= 15 is 0 Å². The highest BCUT2D eigenvalue weighted by atomic mass is 32.4. The van der Waals surface area contributed by atoms with Crippen LogP contribution in [0, 0.1) is 0 Å². The molecule has 7 heteroatoms. The van der Waals surface area contributed by atoms with Gasteiger partial charge in [-0.2, -0.15) is 0 Å². The molecular formula is C5H10N3O2PS. The van der Waals surface area contributed by atoms with Gasteiger partial charge in [-0.15, -0.1) is 0 Å². The zero-order chi connectivity index (χ0) is 9.46. The van der Waals surface area contributed by atoms with Crippen molar-refractivity contribution in [2.45, 2.75) is 0 Å². The second-order valence-corrected chi connectivity index (χ2v) is 5.53. The van der Waals surface area contributed by atoms with Crippen molar-refractivity contribution < 1.29 is 9.59 Å². The lowest BCUT2D eigenvalue weighted by atomic mass is 10.7. The van der Waals surface area contributed by atoms with Crippen LogP contribution in [-0.2, 0) is 11.8 Å². The molecule has 1 rings (SSSR count). The van der Waals surface area contributed by atoms with Gasteiger partial charge in [0.2, 0.25) is 0 Å². The van der Waals surface area contributed by atoms with Gasteiger partial charge < -0.3 is 0 Å². The third-order valence-electron chi connectivity index (χ3n) is 1.72. The van der Waals surface area contributed by atoms with Gasteiger partial charge in [0.15, 0.2) is 0 Å². The minimum absolute atomic E-state index is 0.318. The Morgan fingerprint density at radius 2 is 1.42 bits per heavy atom. The molecule has 0 atom stereocenters. The Labute approximate surface area is 76.4 Å². The Kier molecular flexibility index (Phi) is 2.39. The van der Waals surface area contributed by atoms with E-state index < -0.39 is 7.00 Å². The molecule has 1 aliphatic rings. The minimum Gasteiger partial charge on any atom is -0.285 e. The molecule has 0 radical (unpaired) electrons. The van der Waals surface area contributed by atoms with E-state index in [0.717, 1.165) is 4.90 Å². The molecule has 0 bridgehead atoms. The highest BCUT2D eigenvalue weighted by Crippen LogP contribution is 2.34. The summed E-state index contributed by atoms with van der Waals surface area (Å²) >= 11 is 5.03. The van der Waals surface area contributed by atoms with Gasteiger partial charge in [0.05, 0.1) is 0 Å². The van der Waals surface area contributed by atoms with Gasteiger partial charge in [0.25, 0.3) is 0 Å². The Bertz CT molecular complexity index is 209. The van der Waals surface area contributed by atoms with Crippen LogP contribution in [0.4, 0.5) is 9.59 Å². The van der Waals surface area contributed by atoms with Crippen LogP contribution in [0.3, 0.4) is 0 Å². The first-order valence-corrected chi connectivity index (χ1v) is 5.82. The fourth-order valence-electron chi connectivity index (χ4n) is 0.920. The zero-order valence-electron chi connectivity index (χ0n) is 7.07. The molecule has 4 amide bonds. The second-order valence-electron chi connectivity index (χ2n) is 2.52. The molecule has 1 heterocycles. The van der Waals surface area contributed by atoms with E-state index in [2.05, 4.69) is 0 Å². The summed E-state index contributed by atoms with van der Waals surface area (Å²) in [6, 6.07) is -0.635. The summed E-state index contributed by atoms with van der Waals surface area (Å²) in [5, 5.41) is 0. The van der Waals surface area contributed by atoms with E-state index in [1.165, 1.54) is 16.4 Å². The zero-order valence-corrected chi connectivity index (χ0v) is 8.88. The minimum atomic E-state index is -1.57. The van der Waals surface area contributed by atoms with Gasteiger partial charge in [0, 0.05) is 21.1 Å². The Morgan fingerprint density at radius 3 is 1.75 bits per heavy atom. The molecule has 68 valence electrons. The van der Waals surface area contributed by atoms with Crippen LogP contribution in [0.2, 0.25) is 0 Å². The fraction of sp³-hybridized carbons (Fsp3) is 0.600. The van der Waals surface area contributed by atoms with Crippen LogP contribution in [0.1, 0.15) is 0 Å². The Balaban J connectivity index is 2.99. The maximum atomic E-state index is 11.3. The van der Waals surface area contributed by atoms with Crippen molar-refractivity contribution in [3.8, 4) is 0 Å². The lowest BCUT2D eigenvalue weighted by molar-refractivity contribution is 0.170. The van der Waals surface area contributed by atoms with Gasteiger partial charge in [-0.1, -0.05) is 11.8 Å². The molecule has 0 aromatic rings. The van der Waals surface area contributed by atoms with Gasteiger partial charge in [-0.25, -0.2) is 14.5 Å². The van der Waals surface area contributed by atoms with Crippen molar-refractivity contribution in [2.24, 2.45) is 0 Å². The monoisotopic (exact) mass is 207 g/mol. The Hall–Kier alpha value is -0.610. The summed E-state index contributed by atoms with van der Waals surface area (Å²) in [5.74, 6) is 0. The molecular weight excluding hydrogens is 197 g/mol. The number of carbonyl (C=O) groups excluding carboxylic acids is 2. The van der Waals surface area contributed by atoms with E-state index in [9.17, 15) is 9.59 Å². The van der Waals surface area contributed by atoms with Crippen LogP contribution in [0.5, 0.6) is 0 Å². The molecule has 12 heavy (non-hydrogen) atoms. The quantitative estimate of drug-likeness (QED) is 0.544. The summed E-state index contributed by atoms with van der Waals surface area (Å²) in [5.41, 5.74) is 0. The van der Waals surface area contributed by atoms with E-state index in [-0.39, 0.29) is 12.1 Å². The summed E-state index contributed by atoms with van der Waals surface area (Å²) in [4.78, 5) is 23.6. The number of hydrogen-bond acceptors (Lipinski definition) is 3. The SMILES string of the molecule is CN1C(=O)N(C)[PH](=S)N(C)C1=O. The Morgan fingerprint density at radius 1 is 1.08 bits per heavy atom. The average molecular weight is 207 g/mol. The average Bonchev–Trinajstić information content (AvgIpc) is 2.08. The number of rotatable bonds is 0. The third kappa shape index (κ3) is 1.21. The van der Waals surface area contributed by atoms with Crippen LogP contribution >= 0.6 is 7.00 Å². The van der Waals surface area contributed by atoms with Crippen molar-refractivity contribution >= 4 is 30.9 Å². The largest absolute Gasteiger partial charge is 0.332 e. The number of hydrogen-bond donors (Lipinski definition) is 0. The lowest BCUT2D eigenvalue weighted by Crippen LogP contribution is -2.50.